The highest BCUT2D eigenvalue weighted by molar-refractivity contribution is 6.06. The number of anilines is 1. The summed E-state index contributed by atoms with van der Waals surface area (Å²) in [5.41, 5.74) is 7.54. The number of hydrogen-bond donors (Lipinski definition) is 2. The molecular formula is C29H23N3O5. The van der Waals surface area contributed by atoms with Gasteiger partial charge in [-0.3, -0.25) is 14.6 Å². The molecule has 3 N–H and O–H groups in total. The molecular weight excluding hydrogens is 470 g/mol. The van der Waals surface area contributed by atoms with Gasteiger partial charge in [0, 0.05) is 35.0 Å². The van der Waals surface area contributed by atoms with Crippen molar-refractivity contribution >= 4 is 39.2 Å². The Morgan fingerprint density at radius 3 is 2.41 bits per heavy atom. The van der Waals surface area contributed by atoms with E-state index in [4.69, 9.17) is 19.9 Å². The molecule has 37 heavy (non-hydrogen) atoms. The first-order valence-electron chi connectivity index (χ1n) is 11.4. The smallest absolute Gasteiger partial charge is 0.255 e. The topological polar surface area (TPSA) is 113 Å². The number of ether oxygens (including phenoxy) is 3. The number of amides is 2. The second kappa shape index (κ2) is 9.87. The van der Waals surface area contributed by atoms with Crippen molar-refractivity contribution < 1.29 is 23.8 Å². The van der Waals surface area contributed by atoms with Crippen LogP contribution in [0.4, 0.5) is 5.69 Å². The summed E-state index contributed by atoms with van der Waals surface area (Å²) in [5.74, 6) is 1.29. The molecule has 8 heteroatoms. The SMILES string of the molecule is COc1cccc(NC(=O)c2ccc3cc(Oc4ccnc5cc(OC)c(C(N)=O)cc45)ccc3c2)c1. The molecule has 2 amide bonds. The number of nitrogens with one attached hydrogen (secondary N) is 1. The molecule has 0 aliphatic carbocycles. The van der Waals surface area contributed by atoms with Gasteiger partial charge in [0.2, 0.25) is 0 Å². The summed E-state index contributed by atoms with van der Waals surface area (Å²) < 4.78 is 16.6. The molecule has 0 bridgehead atoms. The van der Waals surface area contributed by atoms with E-state index in [9.17, 15) is 9.59 Å². The lowest BCUT2D eigenvalue weighted by Crippen LogP contribution is -2.12. The third-order valence-corrected chi connectivity index (χ3v) is 5.92. The van der Waals surface area contributed by atoms with Gasteiger partial charge >= 0.3 is 0 Å². The van der Waals surface area contributed by atoms with Gasteiger partial charge in [-0.2, -0.15) is 0 Å². The molecule has 5 rings (SSSR count). The molecule has 5 aromatic rings. The zero-order chi connectivity index (χ0) is 25.9. The maximum Gasteiger partial charge on any atom is 0.255 e. The summed E-state index contributed by atoms with van der Waals surface area (Å²) in [6.07, 6.45) is 1.62. The van der Waals surface area contributed by atoms with E-state index in [1.165, 1.54) is 7.11 Å². The number of benzene rings is 4. The zero-order valence-corrected chi connectivity index (χ0v) is 20.1. The van der Waals surface area contributed by atoms with Crippen LogP contribution >= 0.6 is 0 Å². The first-order chi connectivity index (χ1) is 17.9. The maximum absolute atomic E-state index is 12.8. The van der Waals surface area contributed by atoms with Gasteiger partial charge in [0.25, 0.3) is 11.8 Å². The van der Waals surface area contributed by atoms with Crippen LogP contribution < -0.4 is 25.3 Å². The molecule has 0 radical (unpaired) electrons. The molecule has 0 aliphatic rings. The van der Waals surface area contributed by atoms with Crippen molar-refractivity contribution in [2.75, 3.05) is 19.5 Å². The van der Waals surface area contributed by atoms with E-state index in [0.29, 0.717) is 45.2 Å². The zero-order valence-electron chi connectivity index (χ0n) is 20.1. The number of hydrogen-bond acceptors (Lipinski definition) is 6. The lowest BCUT2D eigenvalue weighted by Gasteiger charge is -2.12. The Kier molecular flexibility index (Phi) is 6.30. The van der Waals surface area contributed by atoms with E-state index < -0.39 is 5.91 Å². The van der Waals surface area contributed by atoms with Crippen LogP contribution in [-0.4, -0.2) is 31.0 Å². The van der Waals surface area contributed by atoms with Crippen molar-refractivity contribution in [1.82, 2.24) is 4.98 Å². The van der Waals surface area contributed by atoms with Gasteiger partial charge in [-0.25, -0.2) is 0 Å². The Balaban J connectivity index is 1.41. The largest absolute Gasteiger partial charge is 0.497 e. The molecule has 0 fully saturated rings. The number of carbonyl (C=O) groups is 2. The Hall–Kier alpha value is -5.11. The van der Waals surface area contributed by atoms with Crippen LogP contribution in [0.5, 0.6) is 23.0 Å². The predicted molar refractivity (Wildman–Crippen MR) is 142 cm³/mol. The molecule has 0 spiro atoms. The minimum atomic E-state index is -0.606. The lowest BCUT2D eigenvalue weighted by atomic mass is 10.1. The highest BCUT2D eigenvalue weighted by Crippen LogP contribution is 2.34. The standard InChI is InChI=1S/C29H23N3O5/c1-35-21-5-3-4-20(14-21)32-29(34)19-7-6-18-13-22(9-8-17(18)12-19)37-26-10-11-31-25-16-27(36-2)24(28(30)33)15-23(25)26/h3-16H,1-2H3,(H2,30,33)(H,32,34). The Morgan fingerprint density at radius 1 is 0.811 bits per heavy atom. The third kappa shape index (κ3) is 4.85. The molecule has 0 saturated heterocycles. The van der Waals surface area contributed by atoms with Crippen molar-refractivity contribution in [2.24, 2.45) is 5.73 Å². The van der Waals surface area contributed by atoms with E-state index in [0.717, 1.165) is 10.8 Å². The number of methoxy groups -OCH3 is 2. The van der Waals surface area contributed by atoms with Crippen LogP contribution in [0.2, 0.25) is 0 Å². The van der Waals surface area contributed by atoms with Crippen molar-refractivity contribution in [3.8, 4) is 23.0 Å². The second-order valence-corrected chi connectivity index (χ2v) is 8.25. The van der Waals surface area contributed by atoms with Gasteiger partial charge in [-0.1, -0.05) is 18.2 Å². The third-order valence-electron chi connectivity index (χ3n) is 5.92. The maximum atomic E-state index is 12.8. The number of rotatable bonds is 7. The van der Waals surface area contributed by atoms with E-state index >= 15 is 0 Å². The van der Waals surface area contributed by atoms with Crippen molar-refractivity contribution in [1.29, 1.82) is 0 Å². The van der Waals surface area contributed by atoms with Crippen LogP contribution in [-0.2, 0) is 0 Å². The number of fused-ring (bicyclic) bond motifs is 2. The highest BCUT2D eigenvalue weighted by Gasteiger charge is 2.15. The number of pyridine rings is 1. The van der Waals surface area contributed by atoms with Gasteiger partial charge in [-0.15, -0.1) is 0 Å². The Labute approximate surface area is 212 Å². The summed E-state index contributed by atoms with van der Waals surface area (Å²) in [6, 6.07) is 23.2. The predicted octanol–water partition coefficient (Wildman–Crippen LogP) is 5.55. The van der Waals surface area contributed by atoms with E-state index in [-0.39, 0.29) is 11.5 Å². The van der Waals surface area contributed by atoms with Crippen LogP contribution in [0.1, 0.15) is 20.7 Å². The number of nitrogens with zero attached hydrogens (tertiary/aromatic N) is 1. The molecule has 0 aliphatic heterocycles. The van der Waals surface area contributed by atoms with Gasteiger partial charge < -0.3 is 25.3 Å². The number of carbonyl (C=O) groups excluding carboxylic acids is 2. The molecule has 8 nitrogen and oxygen atoms in total. The summed E-state index contributed by atoms with van der Waals surface area (Å²) in [4.78, 5) is 29.0. The van der Waals surface area contributed by atoms with Gasteiger partial charge in [0.15, 0.2) is 0 Å². The molecule has 1 heterocycles. The first-order valence-corrected chi connectivity index (χ1v) is 11.4. The van der Waals surface area contributed by atoms with Gasteiger partial charge in [0.1, 0.15) is 23.0 Å². The van der Waals surface area contributed by atoms with Crippen molar-refractivity contribution in [2.45, 2.75) is 0 Å². The first kappa shape index (κ1) is 23.6. The monoisotopic (exact) mass is 493 g/mol. The van der Waals surface area contributed by atoms with Crippen LogP contribution in [0, 0.1) is 0 Å². The fourth-order valence-corrected chi connectivity index (χ4v) is 4.06. The molecule has 0 saturated carbocycles. The summed E-state index contributed by atoms with van der Waals surface area (Å²) in [7, 11) is 3.05. The summed E-state index contributed by atoms with van der Waals surface area (Å²) >= 11 is 0. The quantitative estimate of drug-likeness (QED) is 0.307. The van der Waals surface area contributed by atoms with Crippen molar-refractivity contribution in [3.63, 3.8) is 0 Å². The minimum absolute atomic E-state index is 0.223. The lowest BCUT2D eigenvalue weighted by molar-refractivity contribution is 0.0995. The van der Waals surface area contributed by atoms with Crippen molar-refractivity contribution in [3.05, 3.63) is 96.2 Å². The second-order valence-electron chi connectivity index (χ2n) is 8.25. The van der Waals surface area contributed by atoms with Crippen LogP contribution in [0.25, 0.3) is 21.7 Å². The Bertz CT molecular complexity index is 1670. The van der Waals surface area contributed by atoms with E-state index in [1.54, 1.807) is 49.7 Å². The summed E-state index contributed by atoms with van der Waals surface area (Å²) in [6.45, 7) is 0. The van der Waals surface area contributed by atoms with E-state index in [1.807, 2.05) is 42.5 Å². The fraction of sp³-hybridized carbons (Fsp3) is 0.0690. The normalized spacial score (nSPS) is 10.8. The minimum Gasteiger partial charge on any atom is -0.497 e. The average molecular weight is 494 g/mol. The van der Waals surface area contributed by atoms with Gasteiger partial charge in [-0.05, 0) is 59.3 Å². The number of nitrogens with two attached hydrogens (primary N) is 1. The number of primary amides is 1. The molecule has 0 unspecified atom stereocenters. The highest BCUT2D eigenvalue weighted by atomic mass is 16.5. The fourth-order valence-electron chi connectivity index (χ4n) is 4.06. The van der Waals surface area contributed by atoms with Gasteiger partial charge in [0.05, 0.1) is 25.3 Å². The van der Waals surface area contributed by atoms with Crippen LogP contribution in [0.15, 0.2) is 85.1 Å². The van der Waals surface area contributed by atoms with Crippen LogP contribution in [0.3, 0.4) is 0 Å². The Morgan fingerprint density at radius 2 is 1.62 bits per heavy atom. The summed E-state index contributed by atoms with van der Waals surface area (Å²) in [5, 5.41) is 5.29. The molecule has 0 atom stereocenters. The number of aromatic nitrogens is 1. The molecule has 4 aromatic carbocycles. The van der Waals surface area contributed by atoms with E-state index in [2.05, 4.69) is 10.3 Å². The average Bonchev–Trinajstić information content (AvgIpc) is 2.92. The molecule has 184 valence electrons. The molecule has 1 aromatic heterocycles.